The Morgan fingerprint density at radius 3 is 2.43 bits per heavy atom. The van der Waals surface area contributed by atoms with Crippen LogP contribution in [0.15, 0.2) is 71.6 Å². The quantitative estimate of drug-likeness (QED) is 0.628. The molecule has 0 N–H and O–H groups in total. The van der Waals surface area contributed by atoms with Crippen molar-refractivity contribution in [2.45, 2.75) is 25.3 Å². The fourth-order valence-electron chi connectivity index (χ4n) is 3.49. The largest absolute Gasteiger partial charge is 0.343 e. The van der Waals surface area contributed by atoms with E-state index in [0.717, 1.165) is 21.0 Å². The van der Waals surface area contributed by atoms with E-state index in [9.17, 15) is 13.2 Å². The van der Waals surface area contributed by atoms with Crippen LogP contribution in [0.4, 0.5) is 16.2 Å². The number of urea groups is 1. The fraction of sp³-hybridized carbons (Fsp3) is 0.130. The Kier molecular flexibility index (Phi) is 4.80. The molecule has 0 aliphatic carbocycles. The SMILES string of the molecule is Cc1ccc(N2C(=O)N(Cc3cccc(C#N)c3)c3ccccc3S2(=O)=O)cc1C. The summed E-state index contributed by atoms with van der Waals surface area (Å²) in [6.45, 7) is 3.94. The third-order valence-electron chi connectivity index (χ3n) is 5.20. The van der Waals surface area contributed by atoms with E-state index in [1.54, 1.807) is 60.7 Å². The van der Waals surface area contributed by atoms with Crippen LogP contribution in [0.3, 0.4) is 0 Å². The van der Waals surface area contributed by atoms with Crippen molar-refractivity contribution in [1.82, 2.24) is 0 Å². The van der Waals surface area contributed by atoms with Gasteiger partial charge in [-0.1, -0.05) is 30.3 Å². The van der Waals surface area contributed by atoms with E-state index < -0.39 is 16.1 Å². The molecule has 0 unspecified atom stereocenters. The number of nitrogens with zero attached hydrogens (tertiary/aromatic N) is 3. The van der Waals surface area contributed by atoms with Gasteiger partial charge in [0.05, 0.1) is 29.6 Å². The van der Waals surface area contributed by atoms with Crippen LogP contribution in [0.5, 0.6) is 0 Å². The lowest BCUT2D eigenvalue weighted by molar-refractivity contribution is 0.253. The van der Waals surface area contributed by atoms with Gasteiger partial charge in [-0.2, -0.15) is 9.57 Å². The van der Waals surface area contributed by atoms with Crippen molar-refractivity contribution in [3.8, 4) is 6.07 Å². The number of nitriles is 1. The molecule has 3 aromatic rings. The van der Waals surface area contributed by atoms with E-state index in [2.05, 4.69) is 6.07 Å². The molecule has 1 aliphatic rings. The average molecular weight is 417 g/mol. The first-order valence-corrected chi connectivity index (χ1v) is 10.8. The maximum atomic E-state index is 13.5. The summed E-state index contributed by atoms with van der Waals surface area (Å²) < 4.78 is 27.5. The lowest BCUT2D eigenvalue weighted by Gasteiger charge is -2.36. The van der Waals surface area contributed by atoms with E-state index in [1.807, 2.05) is 13.8 Å². The second-order valence-electron chi connectivity index (χ2n) is 7.19. The predicted molar refractivity (Wildman–Crippen MR) is 115 cm³/mol. The molecule has 4 rings (SSSR count). The van der Waals surface area contributed by atoms with Crippen LogP contribution < -0.4 is 9.21 Å². The zero-order chi connectivity index (χ0) is 21.5. The van der Waals surface area contributed by atoms with Gasteiger partial charge in [-0.25, -0.2) is 13.2 Å². The molecule has 150 valence electrons. The van der Waals surface area contributed by atoms with Crippen molar-refractivity contribution in [3.63, 3.8) is 0 Å². The predicted octanol–water partition coefficient (Wildman–Crippen LogP) is 4.51. The summed E-state index contributed by atoms with van der Waals surface area (Å²) in [5.41, 5.74) is 3.73. The molecular formula is C23H19N3O3S. The van der Waals surface area contributed by atoms with E-state index in [0.29, 0.717) is 16.9 Å². The molecule has 7 heteroatoms. The first-order valence-electron chi connectivity index (χ1n) is 9.35. The fourth-order valence-corrected chi connectivity index (χ4v) is 5.07. The Hall–Kier alpha value is -3.63. The maximum Gasteiger partial charge on any atom is 0.343 e. The summed E-state index contributed by atoms with van der Waals surface area (Å²) in [7, 11) is -4.06. The van der Waals surface area contributed by atoms with Gasteiger partial charge < -0.3 is 0 Å². The van der Waals surface area contributed by atoms with Gasteiger partial charge in [0.15, 0.2) is 0 Å². The Labute approximate surface area is 175 Å². The molecule has 0 spiro atoms. The Morgan fingerprint density at radius 2 is 1.70 bits per heavy atom. The van der Waals surface area contributed by atoms with Gasteiger partial charge >= 0.3 is 6.03 Å². The zero-order valence-corrected chi connectivity index (χ0v) is 17.3. The van der Waals surface area contributed by atoms with Crippen molar-refractivity contribution >= 4 is 27.4 Å². The van der Waals surface area contributed by atoms with E-state index in [1.165, 1.54) is 11.0 Å². The van der Waals surface area contributed by atoms with E-state index in [4.69, 9.17) is 5.26 Å². The van der Waals surface area contributed by atoms with Gasteiger partial charge in [0.1, 0.15) is 4.90 Å². The summed E-state index contributed by atoms with van der Waals surface area (Å²) in [6.07, 6.45) is 0. The number of hydrogen-bond acceptors (Lipinski definition) is 4. The summed E-state index contributed by atoms with van der Waals surface area (Å²) >= 11 is 0. The minimum absolute atomic E-state index is 0.0688. The number of amides is 2. The van der Waals surface area contributed by atoms with Gasteiger partial charge in [-0.05, 0) is 66.9 Å². The number of fused-ring (bicyclic) bond motifs is 1. The van der Waals surface area contributed by atoms with Crippen LogP contribution in [0, 0.1) is 25.2 Å². The van der Waals surface area contributed by atoms with Gasteiger partial charge in [0.2, 0.25) is 0 Å². The monoisotopic (exact) mass is 417 g/mol. The summed E-state index contributed by atoms with van der Waals surface area (Å²) in [5, 5.41) is 9.17. The highest BCUT2D eigenvalue weighted by Gasteiger charge is 2.42. The molecular weight excluding hydrogens is 398 g/mol. The van der Waals surface area contributed by atoms with Gasteiger partial charge in [-0.3, -0.25) is 4.90 Å². The van der Waals surface area contributed by atoms with E-state index >= 15 is 0 Å². The van der Waals surface area contributed by atoms with Gasteiger partial charge in [0.25, 0.3) is 10.0 Å². The van der Waals surface area contributed by atoms with Gasteiger partial charge in [-0.15, -0.1) is 0 Å². The average Bonchev–Trinajstić information content (AvgIpc) is 2.74. The van der Waals surface area contributed by atoms with Crippen molar-refractivity contribution in [2.24, 2.45) is 0 Å². The first-order chi connectivity index (χ1) is 14.3. The molecule has 0 saturated carbocycles. The number of carbonyl (C=O) groups excluding carboxylic acids is 1. The Balaban J connectivity index is 1.87. The molecule has 1 heterocycles. The van der Waals surface area contributed by atoms with Crippen LogP contribution in [-0.2, 0) is 16.6 Å². The molecule has 0 radical (unpaired) electrons. The Bertz CT molecular complexity index is 1310. The van der Waals surface area contributed by atoms with Crippen LogP contribution in [0.2, 0.25) is 0 Å². The van der Waals surface area contributed by atoms with Crippen molar-refractivity contribution in [2.75, 3.05) is 9.21 Å². The molecule has 0 fully saturated rings. The van der Waals surface area contributed by atoms with Gasteiger partial charge in [0, 0.05) is 0 Å². The highest BCUT2D eigenvalue weighted by Crippen LogP contribution is 2.38. The zero-order valence-electron chi connectivity index (χ0n) is 16.5. The lowest BCUT2D eigenvalue weighted by Crippen LogP contribution is -2.50. The first kappa shape index (κ1) is 19.7. The molecule has 0 saturated heterocycles. The minimum atomic E-state index is -4.06. The number of hydrogen-bond donors (Lipinski definition) is 0. The molecule has 0 bridgehead atoms. The number of benzene rings is 3. The molecule has 1 aliphatic heterocycles. The molecule has 30 heavy (non-hydrogen) atoms. The molecule has 2 amide bonds. The second kappa shape index (κ2) is 7.32. The van der Waals surface area contributed by atoms with Crippen molar-refractivity contribution in [3.05, 3.63) is 89.0 Å². The summed E-state index contributed by atoms with van der Waals surface area (Å²) in [5.74, 6) is 0. The topological polar surface area (TPSA) is 81.5 Å². The minimum Gasteiger partial charge on any atom is -0.287 e. The number of rotatable bonds is 3. The van der Waals surface area contributed by atoms with Crippen LogP contribution in [0.25, 0.3) is 0 Å². The lowest BCUT2D eigenvalue weighted by atomic mass is 10.1. The third-order valence-corrected chi connectivity index (χ3v) is 6.95. The van der Waals surface area contributed by atoms with Crippen molar-refractivity contribution in [1.29, 1.82) is 5.26 Å². The van der Waals surface area contributed by atoms with Crippen LogP contribution in [0.1, 0.15) is 22.3 Å². The number of sulfonamides is 1. The summed E-state index contributed by atoms with van der Waals surface area (Å²) in [6, 6.07) is 20.0. The van der Waals surface area contributed by atoms with E-state index in [-0.39, 0.29) is 11.4 Å². The maximum absolute atomic E-state index is 13.5. The molecule has 0 atom stereocenters. The normalized spacial score (nSPS) is 14.9. The number of carbonyl (C=O) groups is 1. The molecule has 0 aromatic heterocycles. The second-order valence-corrected chi connectivity index (χ2v) is 8.94. The molecule has 3 aromatic carbocycles. The van der Waals surface area contributed by atoms with Crippen LogP contribution in [-0.4, -0.2) is 14.4 Å². The number of anilines is 2. The molecule has 6 nitrogen and oxygen atoms in total. The smallest absolute Gasteiger partial charge is 0.287 e. The summed E-state index contributed by atoms with van der Waals surface area (Å²) in [4.78, 5) is 15.0. The number of para-hydroxylation sites is 1. The number of aryl methyl sites for hydroxylation is 2. The third kappa shape index (κ3) is 3.21. The Morgan fingerprint density at radius 1 is 0.933 bits per heavy atom. The highest BCUT2D eigenvalue weighted by molar-refractivity contribution is 7.94. The van der Waals surface area contributed by atoms with Crippen molar-refractivity contribution < 1.29 is 13.2 Å². The standard InChI is InChI=1S/C23H19N3O3S/c1-16-10-11-20(12-17(16)2)26-23(27)25(15-19-7-5-6-18(13-19)14-24)21-8-3-4-9-22(21)30(26,28)29/h3-13H,15H2,1-2H3. The van der Waals surface area contributed by atoms with Crippen LogP contribution >= 0.6 is 0 Å². The highest BCUT2D eigenvalue weighted by atomic mass is 32.2.